The zero-order valence-corrected chi connectivity index (χ0v) is 8.72. The fourth-order valence-corrected chi connectivity index (χ4v) is 1.72. The van der Waals surface area contributed by atoms with Gasteiger partial charge in [-0.25, -0.2) is 0 Å². The first-order chi connectivity index (χ1) is 7.74. The lowest BCUT2D eigenvalue weighted by atomic mass is 10.0. The lowest BCUT2D eigenvalue weighted by molar-refractivity contribution is 0.404. The van der Waals surface area contributed by atoms with Crippen LogP contribution in [0, 0.1) is 0 Å². The number of aromatic hydroxyl groups is 2. The Morgan fingerprint density at radius 3 is 2.62 bits per heavy atom. The number of phenols is 2. The van der Waals surface area contributed by atoms with Crippen molar-refractivity contribution in [2.75, 3.05) is 0 Å². The maximum atomic E-state index is 9.83. The van der Waals surface area contributed by atoms with Crippen molar-refractivity contribution in [3.05, 3.63) is 48.2 Å². The normalized spacial score (nSPS) is 11.2. The molecule has 2 aromatic rings. The SMILES string of the molecule is NC=CCc1cc2ccccc2c(O)c1O. The van der Waals surface area contributed by atoms with E-state index in [2.05, 4.69) is 0 Å². The molecule has 0 radical (unpaired) electrons. The van der Waals surface area contributed by atoms with E-state index in [1.54, 1.807) is 12.1 Å². The van der Waals surface area contributed by atoms with Crippen molar-refractivity contribution in [3.8, 4) is 11.5 Å². The molecule has 3 nitrogen and oxygen atoms in total. The molecule has 0 aliphatic carbocycles. The van der Waals surface area contributed by atoms with Crippen molar-refractivity contribution in [2.45, 2.75) is 6.42 Å². The molecule has 0 amide bonds. The molecule has 0 atom stereocenters. The van der Waals surface area contributed by atoms with Crippen LogP contribution in [0.2, 0.25) is 0 Å². The molecule has 0 heterocycles. The topological polar surface area (TPSA) is 66.5 Å². The van der Waals surface area contributed by atoms with Crippen LogP contribution in [0.5, 0.6) is 11.5 Å². The molecule has 82 valence electrons. The van der Waals surface area contributed by atoms with Gasteiger partial charge in [-0.15, -0.1) is 0 Å². The minimum Gasteiger partial charge on any atom is -0.504 e. The second-order valence-corrected chi connectivity index (χ2v) is 3.59. The molecular formula is C13H13NO2. The molecule has 16 heavy (non-hydrogen) atoms. The molecule has 0 saturated heterocycles. The van der Waals surface area contributed by atoms with Crippen LogP contribution in [-0.2, 0) is 6.42 Å². The van der Waals surface area contributed by atoms with E-state index in [-0.39, 0.29) is 11.5 Å². The van der Waals surface area contributed by atoms with Crippen molar-refractivity contribution < 1.29 is 10.2 Å². The number of nitrogens with two attached hydrogens (primary N) is 1. The van der Waals surface area contributed by atoms with Crippen LogP contribution in [0.1, 0.15) is 5.56 Å². The first-order valence-corrected chi connectivity index (χ1v) is 5.03. The Hall–Kier alpha value is -2.16. The maximum absolute atomic E-state index is 9.83. The number of allylic oxidation sites excluding steroid dienone is 1. The summed E-state index contributed by atoms with van der Waals surface area (Å²) >= 11 is 0. The van der Waals surface area contributed by atoms with Crippen LogP contribution >= 0.6 is 0 Å². The van der Waals surface area contributed by atoms with Crippen LogP contribution in [0.3, 0.4) is 0 Å². The summed E-state index contributed by atoms with van der Waals surface area (Å²) in [6.07, 6.45) is 3.65. The fourth-order valence-electron chi connectivity index (χ4n) is 1.72. The van der Waals surface area contributed by atoms with Gasteiger partial charge in [0.1, 0.15) is 0 Å². The lowest BCUT2D eigenvalue weighted by Gasteiger charge is -2.08. The molecule has 0 bridgehead atoms. The quantitative estimate of drug-likeness (QED) is 0.673. The summed E-state index contributed by atoms with van der Waals surface area (Å²) in [5.41, 5.74) is 5.92. The summed E-state index contributed by atoms with van der Waals surface area (Å²) in [6.45, 7) is 0. The van der Waals surface area contributed by atoms with Crippen molar-refractivity contribution >= 4 is 10.8 Å². The standard InChI is InChI=1S/C13H13NO2/c14-7-3-5-10-8-9-4-1-2-6-11(9)13(16)12(10)15/h1-4,6-8,15-16H,5,14H2. The van der Waals surface area contributed by atoms with Gasteiger partial charge in [0, 0.05) is 10.9 Å². The molecular weight excluding hydrogens is 202 g/mol. The highest BCUT2D eigenvalue weighted by molar-refractivity contribution is 5.91. The van der Waals surface area contributed by atoms with Gasteiger partial charge < -0.3 is 15.9 Å². The number of fused-ring (bicyclic) bond motifs is 1. The van der Waals surface area contributed by atoms with Gasteiger partial charge in [0.2, 0.25) is 0 Å². The molecule has 3 heteroatoms. The van der Waals surface area contributed by atoms with E-state index in [4.69, 9.17) is 5.73 Å². The van der Waals surface area contributed by atoms with Crippen LogP contribution in [-0.4, -0.2) is 10.2 Å². The van der Waals surface area contributed by atoms with Crippen molar-refractivity contribution in [1.29, 1.82) is 0 Å². The van der Waals surface area contributed by atoms with Gasteiger partial charge in [-0.1, -0.05) is 30.3 Å². The molecule has 0 saturated carbocycles. The highest BCUT2D eigenvalue weighted by atomic mass is 16.3. The van der Waals surface area contributed by atoms with Gasteiger partial charge in [0.25, 0.3) is 0 Å². The summed E-state index contributed by atoms with van der Waals surface area (Å²) in [5, 5.41) is 21.2. The third kappa shape index (κ3) is 1.67. The van der Waals surface area contributed by atoms with Gasteiger partial charge in [-0.05, 0) is 24.1 Å². The van der Waals surface area contributed by atoms with E-state index in [1.807, 2.05) is 24.3 Å². The second-order valence-electron chi connectivity index (χ2n) is 3.59. The smallest absolute Gasteiger partial charge is 0.165 e. The van der Waals surface area contributed by atoms with E-state index in [0.717, 1.165) is 5.39 Å². The largest absolute Gasteiger partial charge is 0.504 e. The zero-order valence-electron chi connectivity index (χ0n) is 8.72. The number of hydrogen-bond acceptors (Lipinski definition) is 3. The average molecular weight is 215 g/mol. The van der Waals surface area contributed by atoms with Crippen LogP contribution < -0.4 is 5.73 Å². The van der Waals surface area contributed by atoms with Crippen molar-refractivity contribution in [3.63, 3.8) is 0 Å². The number of phenolic OH excluding ortho intramolecular Hbond substituents is 2. The molecule has 2 aromatic carbocycles. The Bertz CT molecular complexity index is 547. The van der Waals surface area contributed by atoms with E-state index >= 15 is 0 Å². The van der Waals surface area contributed by atoms with E-state index in [0.29, 0.717) is 17.4 Å². The summed E-state index contributed by atoms with van der Waals surface area (Å²) in [6, 6.07) is 9.23. The van der Waals surface area contributed by atoms with Gasteiger partial charge in [-0.2, -0.15) is 0 Å². The maximum Gasteiger partial charge on any atom is 0.165 e. The molecule has 2 rings (SSSR count). The monoisotopic (exact) mass is 215 g/mol. The summed E-state index contributed by atoms with van der Waals surface area (Å²) in [4.78, 5) is 0. The third-order valence-corrected chi connectivity index (χ3v) is 2.55. The Kier molecular flexibility index (Phi) is 2.68. The molecule has 4 N–H and O–H groups in total. The highest BCUT2D eigenvalue weighted by Gasteiger charge is 2.09. The zero-order chi connectivity index (χ0) is 11.5. The van der Waals surface area contributed by atoms with Crippen LogP contribution in [0.4, 0.5) is 0 Å². The van der Waals surface area contributed by atoms with Crippen LogP contribution in [0.25, 0.3) is 10.8 Å². The Balaban J connectivity index is 2.63. The molecule has 0 unspecified atom stereocenters. The highest BCUT2D eigenvalue weighted by Crippen LogP contribution is 2.37. The van der Waals surface area contributed by atoms with Gasteiger partial charge in [0.15, 0.2) is 11.5 Å². The third-order valence-electron chi connectivity index (χ3n) is 2.55. The van der Waals surface area contributed by atoms with Gasteiger partial charge in [-0.3, -0.25) is 0 Å². The molecule has 0 spiro atoms. The van der Waals surface area contributed by atoms with Crippen molar-refractivity contribution in [1.82, 2.24) is 0 Å². The Labute approximate surface area is 93.4 Å². The first kappa shape index (κ1) is 10.4. The number of hydrogen-bond donors (Lipinski definition) is 3. The van der Waals surface area contributed by atoms with Crippen LogP contribution in [0.15, 0.2) is 42.6 Å². The van der Waals surface area contributed by atoms with E-state index in [9.17, 15) is 10.2 Å². The summed E-state index contributed by atoms with van der Waals surface area (Å²) in [7, 11) is 0. The Morgan fingerprint density at radius 1 is 1.12 bits per heavy atom. The number of benzene rings is 2. The Morgan fingerprint density at radius 2 is 1.88 bits per heavy atom. The average Bonchev–Trinajstić information content (AvgIpc) is 2.32. The number of rotatable bonds is 2. The molecule has 0 aliphatic rings. The predicted molar refractivity (Wildman–Crippen MR) is 64.3 cm³/mol. The van der Waals surface area contributed by atoms with Gasteiger partial charge >= 0.3 is 0 Å². The summed E-state index contributed by atoms with van der Waals surface area (Å²) in [5.74, 6) is -0.143. The minimum absolute atomic E-state index is 0.0708. The summed E-state index contributed by atoms with van der Waals surface area (Å²) < 4.78 is 0. The predicted octanol–water partition coefficient (Wildman–Crippen LogP) is 2.27. The first-order valence-electron chi connectivity index (χ1n) is 5.03. The minimum atomic E-state index is -0.0724. The molecule has 0 aliphatic heterocycles. The van der Waals surface area contributed by atoms with E-state index in [1.165, 1.54) is 6.20 Å². The van der Waals surface area contributed by atoms with Gasteiger partial charge in [0.05, 0.1) is 0 Å². The molecule has 0 fully saturated rings. The van der Waals surface area contributed by atoms with E-state index < -0.39 is 0 Å². The molecule has 0 aromatic heterocycles. The lowest BCUT2D eigenvalue weighted by Crippen LogP contribution is -1.87. The second kappa shape index (κ2) is 4.14. The van der Waals surface area contributed by atoms with Crippen molar-refractivity contribution in [2.24, 2.45) is 5.73 Å². The fraction of sp³-hybridized carbons (Fsp3) is 0.0769.